The van der Waals surface area contributed by atoms with Gasteiger partial charge in [-0.2, -0.15) is 0 Å². The molecule has 162 valence electrons. The van der Waals surface area contributed by atoms with Crippen molar-refractivity contribution in [1.29, 1.82) is 0 Å². The van der Waals surface area contributed by atoms with E-state index < -0.39 is 0 Å². The molecule has 2 heteroatoms. The Balaban J connectivity index is 1.39. The van der Waals surface area contributed by atoms with E-state index >= 15 is 0 Å². The van der Waals surface area contributed by atoms with Gasteiger partial charge in [-0.15, -0.1) is 0 Å². The van der Waals surface area contributed by atoms with E-state index in [0.717, 1.165) is 12.8 Å². The van der Waals surface area contributed by atoms with Crippen LogP contribution in [0.2, 0.25) is 0 Å². The van der Waals surface area contributed by atoms with E-state index in [4.69, 9.17) is 6.58 Å². The zero-order valence-electron chi connectivity index (χ0n) is 18.4. The smallest absolute Gasteiger partial charge is 0.139 e. The molecule has 0 N–H and O–H groups in total. The molecule has 0 aromatic rings. The highest BCUT2D eigenvalue weighted by atomic mass is 16.1. The van der Waals surface area contributed by atoms with Gasteiger partial charge in [0, 0.05) is 23.7 Å². The minimum absolute atomic E-state index is 0.207. The van der Waals surface area contributed by atoms with Crippen LogP contribution in [0, 0.1) is 71.0 Å². The summed E-state index contributed by atoms with van der Waals surface area (Å²) in [4.78, 5) is 27.9. The summed E-state index contributed by atoms with van der Waals surface area (Å²) in [6, 6.07) is 0. The highest BCUT2D eigenvalue weighted by Gasteiger charge is 2.71. The summed E-state index contributed by atoms with van der Waals surface area (Å²) in [5, 5.41) is 0. The van der Waals surface area contributed by atoms with Gasteiger partial charge in [-0.05, 0) is 85.9 Å². The van der Waals surface area contributed by atoms with E-state index in [-0.39, 0.29) is 11.8 Å². The molecule has 0 saturated heterocycles. The van der Waals surface area contributed by atoms with Gasteiger partial charge in [-0.25, -0.2) is 0 Å². The lowest BCUT2D eigenvalue weighted by atomic mass is 9.54. The van der Waals surface area contributed by atoms with Crippen LogP contribution < -0.4 is 0 Å². The maximum Gasteiger partial charge on any atom is 0.139 e. The third-order valence-corrected chi connectivity index (χ3v) is 11.7. The molecule has 0 bridgehead atoms. The number of Topliss-reactive ketones (excluding diaryl/α,β-unsaturated/α-hetero) is 2. The fraction of sp³-hybridized carbons (Fsp3) is 0.857. The normalized spacial score (nSPS) is 56.6. The lowest BCUT2D eigenvalue weighted by molar-refractivity contribution is -0.134. The maximum atomic E-state index is 14.0. The number of rotatable bonds is 0. The average Bonchev–Trinajstić information content (AvgIpc) is 3.36. The third-order valence-electron chi connectivity index (χ3n) is 11.7. The van der Waals surface area contributed by atoms with Crippen molar-refractivity contribution in [2.45, 2.75) is 77.0 Å². The summed E-state index contributed by atoms with van der Waals surface area (Å²) in [6.45, 7) is 4.75. The molecule has 0 aromatic heterocycles. The molecule has 7 aliphatic rings. The molecule has 0 aliphatic heterocycles. The maximum absolute atomic E-state index is 14.0. The van der Waals surface area contributed by atoms with Crippen LogP contribution in [-0.2, 0) is 9.59 Å². The summed E-state index contributed by atoms with van der Waals surface area (Å²) >= 11 is 0. The number of hydrogen-bond donors (Lipinski definition) is 0. The molecule has 0 radical (unpaired) electrons. The monoisotopic (exact) mass is 406 g/mol. The Morgan fingerprint density at radius 3 is 1.37 bits per heavy atom. The number of carbonyl (C=O) groups is 2. The summed E-state index contributed by atoms with van der Waals surface area (Å²) < 4.78 is 0. The third kappa shape index (κ3) is 2.17. The van der Waals surface area contributed by atoms with E-state index in [2.05, 4.69) is 0 Å². The summed E-state index contributed by atoms with van der Waals surface area (Å²) in [5.41, 5.74) is 1.50. The van der Waals surface area contributed by atoms with Crippen molar-refractivity contribution < 1.29 is 9.59 Å². The molecule has 7 saturated carbocycles. The second-order valence-corrected chi connectivity index (χ2v) is 12.4. The first-order chi connectivity index (χ1) is 14.7. The number of carbonyl (C=O) groups excluding carboxylic acids is 2. The number of ketones is 2. The first-order valence-corrected chi connectivity index (χ1v) is 13.4. The van der Waals surface area contributed by atoms with Gasteiger partial charge in [0.25, 0.3) is 0 Å². The predicted octanol–water partition coefficient (Wildman–Crippen LogP) is 5.85. The molecule has 7 aliphatic carbocycles. The molecule has 0 heterocycles. The van der Waals surface area contributed by atoms with Crippen LogP contribution in [0.1, 0.15) is 77.0 Å². The van der Waals surface area contributed by atoms with E-state index in [1.54, 1.807) is 0 Å². The number of fused-ring (bicyclic) bond motifs is 12. The Kier molecular flexibility index (Phi) is 4.07. The Morgan fingerprint density at radius 2 is 0.867 bits per heavy atom. The topological polar surface area (TPSA) is 34.1 Å². The zero-order chi connectivity index (χ0) is 20.1. The van der Waals surface area contributed by atoms with Crippen LogP contribution in [0.4, 0.5) is 0 Å². The van der Waals surface area contributed by atoms with Crippen LogP contribution in [0.5, 0.6) is 0 Å². The van der Waals surface area contributed by atoms with Gasteiger partial charge in [-0.3, -0.25) is 9.59 Å². The Morgan fingerprint density at radius 1 is 0.500 bits per heavy atom. The molecule has 30 heavy (non-hydrogen) atoms. The summed E-state index contributed by atoms with van der Waals surface area (Å²) in [5.74, 6) is 6.72. The molecule has 7 fully saturated rings. The van der Waals surface area contributed by atoms with Crippen molar-refractivity contribution in [3.05, 3.63) is 12.2 Å². The first kappa shape index (κ1) is 18.6. The highest BCUT2D eigenvalue weighted by Crippen LogP contribution is 2.71. The molecule has 7 rings (SSSR count). The Bertz CT molecular complexity index is 680. The quantitative estimate of drug-likeness (QED) is 0.473. The number of allylic oxidation sites excluding steroid dienone is 1. The lowest BCUT2D eigenvalue weighted by Crippen LogP contribution is -2.48. The predicted molar refractivity (Wildman–Crippen MR) is 116 cm³/mol. The fourth-order valence-corrected chi connectivity index (χ4v) is 11.1. The minimum Gasteiger partial charge on any atom is -0.299 e. The average molecular weight is 407 g/mol. The lowest BCUT2D eigenvalue weighted by Gasteiger charge is -2.49. The molecule has 12 atom stereocenters. The van der Waals surface area contributed by atoms with Gasteiger partial charge >= 0.3 is 0 Å². The highest BCUT2D eigenvalue weighted by molar-refractivity contribution is 5.92. The van der Waals surface area contributed by atoms with Crippen LogP contribution in [0.3, 0.4) is 0 Å². The largest absolute Gasteiger partial charge is 0.299 e. The SMILES string of the molecule is C=C1C2CCCCC2C2C1C1C3CCCCC3C(=O)C1C1C3CCCCC3C(=O)C21. The molecular formula is C28H38O2. The Hall–Kier alpha value is -0.920. The van der Waals surface area contributed by atoms with Crippen LogP contribution >= 0.6 is 0 Å². The van der Waals surface area contributed by atoms with Gasteiger partial charge in [0.2, 0.25) is 0 Å². The van der Waals surface area contributed by atoms with Crippen LogP contribution in [0.25, 0.3) is 0 Å². The van der Waals surface area contributed by atoms with Crippen molar-refractivity contribution in [2.24, 2.45) is 71.0 Å². The van der Waals surface area contributed by atoms with Crippen molar-refractivity contribution in [3.63, 3.8) is 0 Å². The van der Waals surface area contributed by atoms with Crippen molar-refractivity contribution in [3.8, 4) is 0 Å². The van der Waals surface area contributed by atoms with Gasteiger partial charge in [0.1, 0.15) is 11.6 Å². The van der Waals surface area contributed by atoms with E-state index in [1.165, 1.54) is 69.8 Å². The molecule has 12 unspecified atom stereocenters. The fourth-order valence-electron chi connectivity index (χ4n) is 11.1. The second-order valence-electron chi connectivity index (χ2n) is 12.4. The molecule has 2 nitrogen and oxygen atoms in total. The van der Waals surface area contributed by atoms with Gasteiger partial charge in [0.15, 0.2) is 0 Å². The van der Waals surface area contributed by atoms with Crippen LogP contribution in [-0.4, -0.2) is 11.6 Å². The minimum atomic E-state index is 0.207. The van der Waals surface area contributed by atoms with Gasteiger partial charge < -0.3 is 0 Å². The van der Waals surface area contributed by atoms with Crippen LogP contribution in [0.15, 0.2) is 12.2 Å². The van der Waals surface area contributed by atoms with Gasteiger partial charge in [-0.1, -0.05) is 50.7 Å². The molecule has 0 aromatic carbocycles. The first-order valence-electron chi connectivity index (χ1n) is 13.4. The summed E-state index contributed by atoms with van der Waals surface area (Å²) in [6.07, 6.45) is 15.1. The van der Waals surface area contributed by atoms with Crippen molar-refractivity contribution >= 4 is 11.6 Å². The molecule has 0 spiro atoms. The van der Waals surface area contributed by atoms with Gasteiger partial charge in [0.05, 0.1) is 0 Å². The molecule has 0 amide bonds. The van der Waals surface area contributed by atoms with Crippen molar-refractivity contribution in [2.75, 3.05) is 0 Å². The summed E-state index contributed by atoms with van der Waals surface area (Å²) in [7, 11) is 0. The zero-order valence-corrected chi connectivity index (χ0v) is 18.4. The van der Waals surface area contributed by atoms with Crippen molar-refractivity contribution in [1.82, 2.24) is 0 Å². The molecular weight excluding hydrogens is 368 g/mol. The Labute approximate surface area is 181 Å². The number of hydrogen-bond acceptors (Lipinski definition) is 2. The second kappa shape index (κ2) is 6.55. The van der Waals surface area contributed by atoms with E-state index in [0.29, 0.717) is 70.7 Å². The van der Waals surface area contributed by atoms with E-state index in [9.17, 15) is 9.59 Å². The van der Waals surface area contributed by atoms with E-state index in [1.807, 2.05) is 0 Å². The standard InChI is InChI=1S/C28H38O2/c1-14-15-8-2-3-9-16(15)22-21(14)23-17-10-4-6-12-19(17)27(29)26(23)24-18-11-5-7-13-20(18)28(30)25(22)24/h15-26H,1-13H2.